The van der Waals surface area contributed by atoms with Crippen molar-refractivity contribution in [3.05, 3.63) is 81.6 Å². The third-order valence-corrected chi connectivity index (χ3v) is 4.06. The highest BCUT2D eigenvalue weighted by Gasteiger charge is 2.14. The minimum absolute atomic E-state index is 0.0433. The van der Waals surface area contributed by atoms with Crippen LogP contribution in [0.15, 0.2) is 59.5 Å². The molecular formula is C20H18N2O4. The van der Waals surface area contributed by atoms with Gasteiger partial charge in [0.2, 0.25) is 5.43 Å². The van der Waals surface area contributed by atoms with Gasteiger partial charge in [0.05, 0.1) is 7.11 Å². The number of aromatic amines is 1. The predicted molar refractivity (Wildman–Crippen MR) is 98.2 cm³/mol. The molecule has 0 spiro atoms. The van der Waals surface area contributed by atoms with E-state index in [0.717, 1.165) is 11.1 Å². The van der Waals surface area contributed by atoms with Crippen molar-refractivity contribution in [2.75, 3.05) is 13.7 Å². The minimum atomic E-state index is -0.619. The molecule has 0 unspecified atom stereocenters. The van der Waals surface area contributed by atoms with E-state index in [1.807, 2.05) is 42.5 Å². The Morgan fingerprint density at radius 1 is 1.08 bits per heavy atom. The zero-order valence-corrected chi connectivity index (χ0v) is 14.2. The van der Waals surface area contributed by atoms with Gasteiger partial charge in [-0.05, 0) is 29.7 Å². The summed E-state index contributed by atoms with van der Waals surface area (Å²) in [6.45, 7) is -0.291. The van der Waals surface area contributed by atoms with E-state index in [2.05, 4.69) is 15.0 Å². The summed E-state index contributed by atoms with van der Waals surface area (Å²) in [5.74, 6) is -1.20. The Balaban J connectivity index is 1.90. The van der Waals surface area contributed by atoms with Crippen LogP contribution < -0.4 is 10.7 Å². The monoisotopic (exact) mass is 350 g/mol. The van der Waals surface area contributed by atoms with E-state index in [4.69, 9.17) is 0 Å². The molecule has 3 aromatic rings. The van der Waals surface area contributed by atoms with E-state index < -0.39 is 11.9 Å². The van der Waals surface area contributed by atoms with Crippen LogP contribution >= 0.6 is 0 Å². The van der Waals surface area contributed by atoms with Gasteiger partial charge in [0.25, 0.3) is 5.91 Å². The molecule has 0 aliphatic heterocycles. The van der Waals surface area contributed by atoms with Gasteiger partial charge in [-0.2, -0.15) is 0 Å². The van der Waals surface area contributed by atoms with Crippen LogP contribution in [0.5, 0.6) is 0 Å². The van der Waals surface area contributed by atoms with Crippen LogP contribution in [0.3, 0.4) is 0 Å². The normalized spacial score (nSPS) is 10.5. The van der Waals surface area contributed by atoms with E-state index in [1.165, 1.54) is 13.3 Å². The number of methoxy groups -OCH3 is 1. The molecule has 6 nitrogen and oxygen atoms in total. The number of H-pyrrole nitrogens is 1. The molecule has 2 aromatic carbocycles. The molecule has 0 saturated carbocycles. The number of nitrogens with one attached hydrogen (secondary N) is 2. The van der Waals surface area contributed by atoms with E-state index in [9.17, 15) is 14.4 Å². The lowest BCUT2D eigenvalue weighted by molar-refractivity contribution is -0.139. The van der Waals surface area contributed by atoms with Crippen LogP contribution in [0.25, 0.3) is 10.9 Å². The molecule has 1 aromatic heterocycles. The first kappa shape index (κ1) is 17.4. The Morgan fingerprint density at radius 3 is 2.58 bits per heavy atom. The quantitative estimate of drug-likeness (QED) is 0.689. The fourth-order valence-corrected chi connectivity index (χ4v) is 2.70. The highest BCUT2D eigenvalue weighted by molar-refractivity contribution is 5.98. The van der Waals surface area contributed by atoms with Gasteiger partial charge in [-0.25, -0.2) is 0 Å². The lowest BCUT2D eigenvalue weighted by Gasteiger charge is -2.07. The van der Waals surface area contributed by atoms with Crippen LogP contribution in [0.4, 0.5) is 0 Å². The Bertz CT molecular complexity index is 1010. The van der Waals surface area contributed by atoms with Gasteiger partial charge in [-0.15, -0.1) is 0 Å². The molecule has 0 radical (unpaired) electrons. The van der Waals surface area contributed by atoms with Crippen molar-refractivity contribution >= 4 is 22.8 Å². The molecule has 1 amide bonds. The third kappa shape index (κ3) is 3.80. The van der Waals surface area contributed by atoms with Crippen molar-refractivity contribution in [3.8, 4) is 0 Å². The number of pyridine rings is 1. The van der Waals surface area contributed by atoms with Crippen molar-refractivity contribution in [3.63, 3.8) is 0 Å². The van der Waals surface area contributed by atoms with Crippen LogP contribution in [0, 0.1) is 0 Å². The molecule has 132 valence electrons. The second-order valence-corrected chi connectivity index (χ2v) is 5.83. The van der Waals surface area contributed by atoms with Crippen LogP contribution in [-0.2, 0) is 16.0 Å². The van der Waals surface area contributed by atoms with Gasteiger partial charge in [0.1, 0.15) is 12.1 Å². The molecule has 26 heavy (non-hydrogen) atoms. The average molecular weight is 350 g/mol. The lowest BCUT2D eigenvalue weighted by atomic mass is 10.0. The Morgan fingerprint density at radius 2 is 1.85 bits per heavy atom. The number of esters is 1. The maximum atomic E-state index is 12.7. The highest BCUT2D eigenvalue weighted by Crippen LogP contribution is 2.15. The fraction of sp³-hybridized carbons (Fsp3) is 0.150. The third-order valence-electron chi connectivity index (χ3n) is 4.06. The summed E-state index contributed by atoms with van der Waals surface area (Å²) in [7, 11) is 1.23. The van der Waals surface area contributed by atoms with Gasteiger partial charge in [-0.1, -0.05) is 36.4 Å². The summed E-state index contributed by atoms with van der Waals surface area (Å²) >= 11 is 0. The largest absolute Gasteiger partial charge is 0.468 e. The summed E-state index contributed by atoms with van der Waals surface area (Å²) in [5, 5.41) is 2.81. The maximum absolute atomic E-state index is 12.7. The first-order valence-electron chi connectivity index (χ1n) is 8.12. The lowest BCUT2D eigenvalue weighted by Crippen LogP contribution is -2.33. The first-order valence-corrected chi connectivity index (χ1v) is 8.12. The van der Waals surface area contributed by atoms with E-state index >= 15 is 0 Å². The topological polar surface area (TPSA) is 88.3 Å². The molecule has 0 aliphatic carbocycles. The molecule has 0 bridgehead atoms. The van der Waals surface area contributed by atoms with Crippen molar-refractivity contribution in [1.29, 1.82) is 0 Å². The zero-order chi connectivity index (χ0) is 18.5. The van der Waals surface area contributed by atoms with Gasteiger partial charge < -0.3 is 15.0 Å². The van der Waals surface area contributed by atoms with Crippen LogP contribution in [-0.4, -0.2) is 30.5 Å². The Hall–Kier alpha value is -3.41. The van der Waals surface area contributed by atoms with Crippen LogP contribution in [0.2, 0.25) is 0 Å². The number of rotatable bonds is 5. The number of benzene rings is 2. The number of carbonyl (C=O) groups excluding carboxylic acids is 2. The summed E-state index contributed by atoms with van der Waals surface area (Å²) in [6, 6.07) is 15.5. The molecule has 0 fully saturated rings. The SMILES string of the molecule is COC(=O)CNC(=O)c1c[nH]c2ccc(Cc3ccccc3)cc2c1=O. The minimum Gasteiger partial charge on any atom is -0.468 e. The average Bonchev–Trinajstić information content (AvgIpc) is 2.67. The Kier molecular flexibility index (Phi) is 5.12. The number of fused-ring (bicyclic) bond motifs is 1. The molecule has 3 rings (SSSR count). The maximum Gasteiger partial charge on any atom is 0.325 e. The van der Waals surface area contributed by atoms with E-state index in [1.54, 1.807) is 6.07 Å². The highest BCUT2D eigenvalue weighted by atomic mass is 16.5. The molecule has 6 heteroatoms. The van der Waals surface area contributed by atoms with E-state index in [0.29, 0.717) is 17.3 Å². The van der Waals surface area contributed by atoms with Crippen molar-refractivity contribution < 1.29 is 14.3 Å². The summed E-state index contributed by atoms with van der Waals surface area (Å²) < 4.78 is 4.47. The van der Waals surface area contributed by atoms with Crippen molar-refractivity contribution in [2.24, 2.45) is 0 Å². The number of amides is 1. The standard InChI is InChI=1S/C20H18N2O4/c1-26-18(23)12-22-20(25)16-11-21-17-8-7-14(10-15(17)19(16)24)9-13-5-3-2-4-6-13/h2-8,10-11H,9,12H2,1H3,(H,21,24)(H,22,25). The number of hydrogen-bond donors (Lipinski definition) is 2. The van der Waals surface area contributed by atoms with Gasteiger partial charge >= 0.3 is 5.97 Å². The van der Waals surface area contributed by atoms with Crippen molar-refractivity contribution in [1.82, 2.24) is 10.3 Å². The van der Waals surface area contributed by atoms with Gasteiger partial charge in [-0.3, -0.25) is 14.4 Å². The summed E-state index contributed by atoms with van der Waals surface area (Å²) in [4.78, 5) is 39.0. The molecule has 1 heterocycles. The Labute approximate surface area is 149 Å². The smallest absolute Gasteiger partial charge is 0.325 e. The molecule has 2 N–H and O–H groups in total. The number of hydrogen-bond acceptors (Lipinski definition) is 4. The summed E-state index contributed by atoms with van der Waals surface area (Å²) in [6.07, 6.45) is 2.04. The fourth-order valence-electron chi connectivity index (χ4n) is 2.70. The number of aromatic nitrogens is 1. The molecule has 0 saturated heterocycles. The molecule has 0 atom stereocenters. The van der Waals surface area contributed by atoms with Crippen molar-refractivity contribution in [2.45, 2.75) is 6.42 Å². The number of ether oxygens (including phenoxy) is 1. The molecular weight excluding hydrogens is 332 g/mol. The molecule has 0 aliphatic rings. The zero-order valence-electron chi connectivity index (χ0n) is 14.2. The first-order chi connectivity index (χ1) is 12.6. The van der Waals surface area contributed by atoms with Crippen LogP contribution in [0.1, 0.15) is 21.5 Å². The number of carbonyl (C=O) groups is 2. The van der Waals surface area contributed by atoms with Gasteiger partial charge in [0, 0.05) is 17.1 Å². The predicted octanol–water partition coefficient (Wildman–Crippen LogP) is 2.02. The second kappa shape index (κ2) is 7.65. The van der Waals surface area contributed by atoms with E-state index in [-0.39, 0.29) is 17.5 Å². The summed E-state index contributed by atoms with van der Waals surface area (Å²) in [5.41, 5.74) is 2.34. The van der Waals surface area contributed by atoms with Gasteiger partial charge in [0.15, 0.2) is 0 Å². The second-order valence-electron chi connectivity index (χ2n) is 5.83.